The van der Waals surface area contributed by atoms with Crippen molar-refractivity contribution in [1.82, 2.24) is 20.3 Å². The summed E-state index contributed by atoms with van der Waals surface area (Å²) in [5.41, 5.74) is 1.94. The molecule has 2 bridgehead atoms. The number of amides is 2. The van der Waals surface area contributed by atoms with Crippen LogP contribution < -0.4 is 20.4 Å². The first kappa shape index (κ1) is 18.3. The van der Waals surface area contributed by atoms with Crippen molar-refractivity contribution in [1.29, 1.82) is 0 Å². The zero-order valence-corrected chi connectivity index (χ0v) is 16.6. The predicted octanol–water partition coefficient (Wildman–Crippen LogP) is 2.29. The zero-order valence-electron chi connectivity index (χ0n) is 16.6. The molecule has 4 atom stereocenters. The summed E-state index contributed by atoms with van der Waals surface area (Å²) in [7, 11) is 0. The molecule has 0 aromatic carbocycles. The third-order valence-electron chi connectivity index (χ3n) is 5.79. The van der Waals surface area contributed by atoms with Crippen molar-refractivity contribution in [3.63, 3.8) is 0 Å². The van der Waals surface area contributed by atoms with Crippen LogP contribution in [-0.2, 0) is 4.74 Å². The average molecular weight is 395 g/mol. The SMILES string of the molecule is C[C@@H]1CC(c2ccc3c(n2)N(C(=O)Nc2cnccn2)[C@H]2CCN3C2)N[C@@H](C)O1. The van der Waals surface area contributed by atoms with Gasteiger partial charge in [0.05, 0.1) is 35.8 Å². The molecule has 3 aliphatic heterocycles. The van der Waals surface area contributed by atoms with Crippen LogP contribution in [0.15, 0.2) is 30.7 Å². The third kappa shape index (κ3) is 3.40. The number of carbonyl (C=O) groups is 1. The molecule has 2 amide bonds. The minimum absolute atomic E-state index is 0.0300. The van der Waals surface area contributed by atoms with Gasteiger partial charge in [0.1, 0.15) is 6.23 Å². The molecular weight excluding hydrogens is 370 g/mol. The second-order valence-electron chi connectivity index (χ2n) is 7.90. The number of anilines is 3. The first-order chi connectivity index (χ1) is 14.1. The van der Waals surface area contributed by atoms with Gasteiger partial charge in [-0.15, -0.1) is 0 Å². The standard InChI is InChI=1S/C20H25N7O2/c1-12-9-16(23-13(2)29-12)15-3-4-17-19(24-15)27(14-5-8-26(17)11-14)20(28)25-18-10-21-6-7-22-18/h3-4,6-7,10,12-14,16,23H,5,8-9,11H2,1-2H3,(H,22,25,28)/t12-,13-,14+,16?/m1/s1. The molecule has 2 N–H and O–H groups in total. The first-order valence-corrected chi connectivity index (χ1v) is 10.1. The fraction of sp³-hybridized carbons (Fsp3) is 0.500. The summed E-state index contributed by atoms with van der Waals surface area (Å²) in [4.78, 5) is 30.4. The van der Waals surface area contributed by atoms with Crippen LogP contribution >= 0.6 is 0 Å². The minimum atomic E-state index is -0.218. The summed E-state index contributed by atoms with van der Waals surface area (Å²) >= 11 is 0. The number of hydrogen-bond acceptors (Lipinski definition) is 7. The quantitative estimate of drug-likeness (QED) is 0.805. The molecule has 2 saturated heterocycles. The largest absolute Gasteiger partial charge is 0.366 e. The number of nitrogens with zero attached hydrogens (tertiary/aromatic N) is 5. The molecule has 2 aromatic rings. The van der Waals surface area contributed by atoms with Gasteiger partial charge in [-0.25, -0.2) is 14.8 Å². The molecule has 152 valence electrons. The normalized spacial score (nSPS) is 28.2. The van der Waals surface area contributed by atoms with E-state index in [4.69, 9.17) is 9.72 Å². The van der Waals surface area contributed by atoms with Crippen molar-refractivity contribution in [3.8, 4) is 0 Å². The van der Waals surface area contributed by atoms with Crippen LogP contribution in [0.25, 0.3) is 0 Å². The summed E-state index contributed by atoms with van der Waals surface area (Å²) in [5, 5.41) is 6.32. The molecule has 3 aliphatic rings. The van der Waals surface area contributed by atoms with Gasteiger partial charge in [-0.05, 0) is 38.8 Å². The number of carbonyl (C=O) groups excluding carboxylic acids is 1. The van der Waals surface area contributed by atoms with Crippen molar-refractivity contribution in [3.05, 3.63) is 36.4 Å². The fourth-order valence-electron chi connectivity index (χ4n) is 4.55. The van der Waals surface area contributed by atoms with Gasteiger partial charge in [0, 0.05) is 25.5 Å². The molecule has 2 aromatic heterocycles. The monoisotopic (exact) mass is 395 g/mol. The molecule has 29 heavy (non-hydrogen) atoms. The van der Waals surface area contributed by atoms with Gasteiger partial charge in [0.25, 0.3) is 0 Å². The van der Waals surface area contributed by atoms with E-state index in [1.54, 1.807) is 23.5 Å². The highest BCUT2D eigenvalue weighted by Gasteiger charge is 2.41. The molecular formula is C20H25N7O2. The Kier molecular flexibility index (Phi) is 4.56. The molecule has 5 rings (SSSR count). The number of ether oxygens (including phenoxy) is 1. The Morgan fingerprint density at radius 1 is 1.31 bits per heavy atom. The third-order valence-corrected chi connectivity index (χ3v) is 5.79. The van der Waals surface area contributed by atoms with Gasteiger partial charge < -0.3 is 9.64 Å². The van der Waals surface area contributed by atoms with E-state index < -0.39 is 0 Å². The maximum atomic E-state index is 13.2. The second-order valence-corrected chi connectivity index (χ2v) is 7.90. The van der Waals surface area contributed by atoms with Gasteiger partial charge in [-0.2, -0.15) is 0 Å². The Hall–Kier alpha value is -2.78. The lowest BCUT2D eigenvalue weighted by Crippen LogP contribution is -2.49. The molecule has 0 aliphatic carbocycles. The van der Waals surface area contributed by atoms with Crippen molar-refractivity contribution < 1.29 is 9.53 Å². The number of rotatable bonds is 2. The van der Waals surface area contributed by atoms with Crippen molar-refractivity contribution in [2.75, 3.05) is 28.2 Å². The van der Waals surface area contributed by atoms with Crippen LogP contribution in [0.5, 0.6) is 0 Å². The highest BCUT2D eigenvalue weighted by Crippen LogP contribution is 2.40. The summed E-state index contributed by atoms with van der Waals surface area (Å²) in [6, 6.07) is 4.14. The summed E-state index contributed by atoms with van der Waals surface area (Å²) < 4.78 is 5.79. The lowest BCUT2D eigenvalue weighted by atomic mass is 10.0. The highest BCUT2D eigenvalue weighted by molar-refractivity contribution is 6.04. The molecule has 1 unspecified atom stereocenters. The van der Waals surface area contributed by atoms with Gasteiger partial charge in [-0.3, -0.25) is 20.5 Å². The molecule has 9 heteroatoms. The van der Waals surface area contributed by atoms with Crippen LogP contribution in [0.3, 0.4) is 0 Å². The molecule has 0 radical (unpaired) electrons. The van der Waals surface area contributed by atoms with Crippen LogP contribution in [-0.4, -0.2) is 52.4 Å². The van der Waals surface area contributed by atoms with Gasteiger partial charge in [-0.1, -0.05) is 0 Å². The van der Waals surface area contributed by atoms with E-state index in [2.05, 4.69) is 44.6 Å². The average Bonchev–Trinajstić information content (AvgIpc) is 3.12. The molecule has 2 fully saturated rings. The van der Waals surface area contributed by atoms with Crippen LogP contribution in [0.2, 0.25) is 0 Å². The summed E-state index contributed by atoms with van der Waals surface area (Å²) in [6.45, 7) is 5.84. The molecule has 9 nitrogen and oxygen atoms in total. The lowest BCUT2D eigenvalue weighted by Gasteiger charge is -2.37. The Morgan fingerprint density at radius 2 is 2.21 bits per heavy atom. The van der Waals surface area contributed by atoms with Crippen LogP contribution in [0.1, 0.15) is 38.4 Å². The summed E-state index contributed by atoms with van der Waals surface area (Å²) in [6.07, 6.45) is 6.58. The number of fused-ring (bicyclic) bond motifs is 4. The van der Waals surface area contributed by atoms with E-state index in [1.807, 2.05) is 6.92 Å². The lowest BCUT2D eigenvalue weighted by molar-refractivity contribution is -0.0600. The molecule has 0 spiro atoms. The van der Waals surface area contributed by atoms with Gasteiger partial charge in [0.2, 0.25) is 0 Å². The van der Waals surface area contributed by atoms with Gasteiger partial charge >= 0.3 is 6.03 Å². The zero-order chi connectivity index (χ0) is 20.0. The van der Waals surface area contributed by atoms with E-state index in [9.17, 15) is 4.79 Å². The maximum absolute atomic E-state index is 13.2. The molecule has 5 heterocycles. The van der Waals surface area contributed by atoms with Crippen LogP contribution in [0, 0.1) is 0 Å². The number of hydrogen-bond donors (Lipinski definition) is 2. The second kappa shape index (κ2) is 7.23. The van der Waals surface area contributed by atoms with Crippen LogP contribution in [0.4, 0.5) is 22.1 Å². The van der Waals surface area contributed by atoms with Crippen molar-refractivity contribution in [2.45, 2.75) is 51.1 Å². The predicted molar refractivity (Wildman–Crippen MR) is 109 cm³/mol. The van der Waals surface area contributed by atoms with E-state index in [1.165, 1.54) is 0 Å². The van der Waals surface area contributed by atoms with Crippen molar-refractivity contribution in [2.24, 2.45) is 0 Å². The fourth-order valence-corrected chi connectivity index (χ4v) is 4.55. The number of nitrogens with one attached hydrogen (secondary N) is 2. The Balaban J connectivity index is 1.47. The molecule has 0 saturated carbocycles. The summed E-state index contributed by atoms with van der Waals surface area (Å²) in [5.74, 6) is 1.15. The Labute approximate surface area is 169 Å². The Bertz CT molecular complexity index is 899. The van der Waals surface area contributed by atoms with E-state index in [-0.39, 0.29) is 30.4 Å². The topological polar surface area (TPSA) is 95.5 Å². The van der Waals surface area contributed by atoms with E-state index >= 15 is 0 Å². The smallest absolute Gasteiger partial charge is 0.329 e. The highest BCUT2D eigenvalue weighted by atomic mass is 16.5. The first-order valence-electron chi connectivity index (χ1n) is 10.1. The number of pyridine rings is 1. The minimum Gasteiger partial charge on any atom is -0.366 e. The maximum Gasteiger partial charge on any atom is 0.329 e. The Morgan fingerprint density at radius 3 is 3.00 bits per heavy atom. The van der Waals surface area contributed by atoms with E-state index in [0.29, 0.717) is 11.6 Å². The number of aromatic nitrogens is 3. The van der Waals surface area contributed by atoms with E-state index in [0.717, 1.165) is 37.3 Å². The number of urea groups is 1. The van der Waals surface area contributed by atoms with Crippen molar-refractivity contribution >= 4 is 23.4 Å². The van der Waals surface area contributed by atoms with Gasteiger partial charge in [0.15, 0.2) is 11.6 Å².